The smallest absolute Gasteiger partial charge is 0.222 e. The molecule has 1 saturated carbocycles. The second-order valence-corrected chi connectivity index (χ2v) is 5.79. The lowest BCUT2D eigenvalue weighted by Gasteiger charge is -2.32. The number of hydrogen-bond acceptors (Lipinski definition) is 4. The third kappa shape index (κ3) is 4.28. The van der Waals surface area contributed by atoms with E-state index < -0.39 is 12.2 Å². The van der Waals surface area contributed by atoms with Gasteiger partial charge in [-0.15, -0.1) is 0 Å². The number of aromatic nitrogens is 2. The van der Waals surface area contributed by atoms with Crippen molar-refractivity contribution < 1.29 is 15.0 Å². The number of aliphatic hydroxyl groups excluding tert-OH is 2. The van der Waals surface area contributed by atoms with Gasteiger partial charge in [0.1, 0.15) is 6.10 Å². The molecule has 1 amide bonds. The van der Waals surface area contributed by atoms with Crippen LogP contribution < -0.4 is 0 Å². The van der Waals surface area contributed by atoms with Crippen molar-refractivity contribution in [3.8, 4) is 0 Å². The number of likely N-dealkylation sites (N-methyl/N-ethyl adjacent to an activating group) is 1. The number of nitrogens with zero attached hydrogens (tertiary/aromatic N) is 3. The Kier molecular flexibility index (Phi) is 5.76. The molecule has 6 heteroatoms. The first-order chi connectivity index (χ1) is 10.1. The van der Waals surface area contributed by atoms with E-state index in [1.165, 1.54) is 0 Å². The number of carbonyl (C=O) groups excluding carboxylic acids is 1. The highest BCUT2D eigenvalue weighted by atomic mass is 16.3. The molecular formula is C15H25N3O3. The van der Waals surface area contributed by atoms with Crippen LogP contribution in [0.25, 0.3) is 0 Å². The van der Waals surface area contributed by atoms with Gasteiger partial charge in [-0.2, -0.15) is 5.10 Å². The highest BCUT2D eigenvalue weighted by molar-refractivity contribution is 5.76. The van der Waals surface area contributed by atoms with Crippen molar-refractivity contribution in [1.82, 2.24) is 14.7 Å². The highest BCUT2D eigenvalue weighted by Gasteiger charge is 2.33. The van der Waals surface area contributed by atoms with Gasteiger partial charge in [0.25, 0.3) is 0 Å². The van der Waals surface area contributed by atoms with Crippen molar-refractivity contribution in [3.63, 3.8) is 0 Å². The Morgan fingerprint density at radius 3 is 2.86 bits per heavy atom. The molecule has 0 spiro atoms. The van der Waals surface area contributed by atoms with Crippen LogP contribution in [-0.4, -0.2) is 56.1 Å². The molecule has 2 rings (SSSR count). The van der Waals surface area contributed by atoms with Crippen LogP contribution in [0.1, 0.15) is 38.5 Å². The molecule has 1 aliphatic carbocycles. The summed E-state index contributed by atoms with van der Waals surface area (Å²) in [4.78, 5) is 13.9. The Morgan fingerprint density at radius 1 is 1.38 bits per heavy atom. The minimum Gasteiger partial charge on any atom is -0.390 e. The van der Waals surface area contributed by atoms with Gasteiger partial charge in [0.15, 0.2) is 0 Å². The fraction of sp³-hybridized carbons (Fsp3) is 0.733. The van der Waals surface area contributed by atoms with Crippen LogP contribution in [0.4, 0.5) is 0 Å². The molecule has 0 bridgehead atoms. The van der Waals surface area contributed by atoms with E-state index in [9.17, 15) is 15.0 Å². The van der Waals surface area contributed by atoms with Gasteiger partial charge >= 0.3 is 0 Å². The van der Waals surface area contributed by atoms with Crippen molar-refractivity contribution in [2.75, 3.05) is 7.05 Å². The summed E-state index contributed by atoms with van der Waals surface area (Å²) in [5.74, 6) is 0.0142. The van der Waals surface area contributed by atoms with Crippen LogP contribution in [0.15, 0.2) is 18.5 Å². The first kappa shape index (κ1) is 16.0. The van der Waals surface area contributed by atoms with Crippen LogP contribution in [0.3, 0.4) is 0 Å². The fourth-order valence-corrected chi connectivity index (χ4v) is 2.91. The quantitative estimate of drug-likeness (QED) is 0.787. The zero-order valence-electron chi connectivity index (χ0n) is 12.6. The van der Waals surface area contributed by atoms with Crippen molar-refractivity contribution in [2.45, 2.75) is 63.3 Å². The monoisotopic (exact) mass is 295 g/mol. The molecule has 118 valence electrons. The average molecular weight is 295 g/mol. The molecule has 0 radical (unpaired) electrons. The molecule has 1 fully saturated rings. The summed E-state index contributed by atoms with van der Waals surface area (Å²) in [6.07, 6.45) is 6.37. The maximum atomic E-state index is 12.2. The zero-order chi connectivity index (χ0) is 15.2. The van der Waals surface area contributed by atoms with E-state index in [4.69, 9.17) is 0 Å². The maximum Gasteiger partial charge on any atom is 0.222 e. The van der Waals surface area contributed by atoms with Crippen molar-refractivity contribution in [2.24, 2.45) is 0 Å². The van der Waals surface area contributed by atoms with Gasteiger partial charge in [0, 0.05) is 32.4 Å². The average Bonchev–Trinajstić information content (AvgIpc) is 2.93. The van der Waals surface area contributed by atoms with E-state index in [2.05, 4.69) is 5.10 Å². The number of amides is 1. The van der Waals surface area contributed by atoms with E-state index in [1.54, 1.807) is 22.8 Å². The normalized spacial score (nSPS) is 26.3. The lowest BCUT2D eigenvalue weighted by molar-refractivity contribution is -0.136. The predicted molar refractivity (Wildman–Crippen MR) is 78.5 cm³/mol. The summed E-state index contributed by atoms with van der Waals surface area (Å²) in [6.45, 7) is 0.711. The van der Waals surface area contributed by atoms with Gasteiger partial charge < -0.3 is 15.1 Å². The molecule has 21 heavy (non-hydrogen) atoms. The number of hydrogen-bond donors (Lipinski definition) is 2. The van der Waals surface area contributed by atoms with E-state index in [0.717, 1.165) is 25.7 Å². The van der Waals surface area contributed by atoms with Crippen molar-refractivity contribution in [1.29, 1.82) is 0 Å². The topological polar surface area (TPSA) is 78.6 Å². The molecule has 0 unspecified atom stereocenters. The molecule has 2 N–H and O–H groups in total. The maximum absolute atomic E-state index is 12.2. The number of rotatable bonds is 5. The predicted octanol–water partition coefficient (Wildman–Crippen LogP) is 0.786. The molecule has 3 atom stereocenters. The largest absolute Gasteiger partial charge is 0.390 e. The lowest BCUT2D eigenvalue weighted by Crippen LogP contribution is -2.48. The van der Waals surface area contributed by atoms with Crippen molar-refractivity contribution in [3.05, 3.63) is 18.5 Å². The summed E-state index contributed by atoms with van der Waals surface area (Å²) >= 11 is 0. The first-order valence-electron chi connectivity index (χ1n) is 7.69. The third-order valence-corrected chi connectivity index (χ3v) is 4.27. The van der Waals surface area contributed by atoms with Crippen LogP contribution in [0.2, 0.25) is 0 Å². The Hall–Kier alpha value is -1.40. The van der Waals surface area contributed by atoms with E-state index in [1.807, 2.05) is 12.3 Å². The number of aliphatic hydroxyl groups is 2. The summed E-state index contributed by atoms with van der Waals surface area (Å²) < 4.78 is 1.80. The van der Waals surface area contributed by atoms with Crippen molar-refractivity contribution >= 4 is 5.91 Å². The minimum absolute atomic E-state index is 0.0142. The Labute approximate surface area is 125 Å². The standard InChI is InChI=1S/C15H25N3O3/c1-17(12-6-2-3-7-13(19)15(12)21)14(20)8-4-10-18-11-5-9-16-18/h5,9,11-13,15,19,21H,2-4,6-8,10H2,1H3/t12-,13-,15-/m1/s1. The second-order valence-electron chi connectivity index (χ2n) is 5.79. The Balaban J connectivity index is 1.82. The van der Waals surface area contributed by atoms with Gasteiger partial charge in [-0.3, -0.25) is 9.48 Å². The van der Waals surface area contributed by atoms with E-state index >= 15 is 0 Å². The molecule has 0 aromatic carbocycles. The molecule has 1 aliphatic rings. The molecule has 0 saturated heterocycles. The summed E-state index contributed by atoms with van der Waals surface area (Å²) in [6, 6.07) is 1.58. The summed E-state index contributed by atoms with van der Waals surface area (Å²) in [7, 11) is 1.72. The molecule has 1 aromatic rings. The van der Waals surface area contributed by atoms with E-state index in [0.29, 0.717) is 19.4 Å². The van der Waals surface area contributed by atoms with Crippen LogP contribution >= 0.6 is 0 Å². The van der Waals surface area contributed by atoms with Gasteiger partial charge in [-0.05, 0) is 25.3 Å². The lowest BCUT2D eigenvalue weighted by atomic mass is 10.0. The molecule has 6 nitrogen and oxygen atoms in total. The van der Waals surface area contributed by atoms with Gasteiger partial charge in [-0.1, -0.05) is 12.8 Å². The van der Waals surface area contributed by atoms with Gasteiger partial charge in [-0.25, -0.2) is 0 Å². The molecule has 0 aliphatic heterocycles. The molecular weight excluding hydrogens is 270 g/mol. The van der Waals surface area contributed by atoms with Crippen LogP contribution in [0, 0.1) is 0 Å². The third-order valence-electron chi connectivity index (χ3n) is 4.27. The van der Waals surface area contributed by atoms with Crippen LogP contribution in [-0.2, 0) is 11.3 Å². The summed E-state index contributed by atoms with van der Waals surface area (Å²) in [5.41, 5.74) is 0. The second kappa shape index (κ2) is 7.56. The Bertz CT molecular complexity index is 435. The van der Waals surface area contributed by atoms with E-state index in [-0.39, 0.29) is 11.9 Å². The number of carbonyl (C=O) groups is 1. The summed E-state index contributed by atoms with van der Waals surface area (Å²) in [5, 5.41) is 24.1. The molecule has 1 heterocycles. The zero-order valence-corrected chi connectivity index (χ0v) is 12.6. The minimum atomic E-state index is -0.840. The highest BCUT2D eigenvalue weighted by Crippen LogP contribution is 2.23. The first-order valence-corrected chi connectivity index (χ1v) is 7.69. The van der Waals surface area contributed by atoms with Gasteiger partial charge in [0.05, 0.1) is 12.1 Å². The SMILES string of the molecule is CN(C(=O)CCCn1cccn1)[C@@H]1CCCC[C@@H](O)[C@@H]1O. The number of aryl methyl sites for hydroxylation is 1. The van der Waals surface area contributed by atoms with Crippen LogP contribution in [0.5, 0.6) is 0 Å². The Morgan fingerprint density at radius 2 is 2.14 bits per heavy atom. The molecule has 1 aromatic heterocycles. The fourth-order valence-electron chi connectivity index (χ4n) is 2.91. The van der Waals surface area contributed by atoms with Gasteiger partial charge in [0.2, 0.25) is 5.91 Å².